The standard InChI is InChI=1S/C11H12ClNO6S2/c12-10-2-1-8(7-9(10)11(14)15)21(18,19)13-3-5-20(16,17)6-4-13/h1-2,7H,3-6H2,(H,14,15). The second-order valence-corrected chi connectivity index (χ2v) is 9.15. The number of sulfone groups is 1. The lowest BCUT2D eigenvalue weighted by Gasteiger charge is -2.26. The molecule has 1 N–H and O–H groups in total. The summed E-state index contributed by atoms with van der Waals surface area (Å²) in [5, 5.41) is 8.90. The molecule has 1 aliphatic heterocycles. The molecule has 10 heteroatoms. The van der Waals surface area contributed by atoms with Crippen molar-refractivity contribution in [3.63, 3.8) is 0 Å². The molecule has 0 amide bonds. The normalized spacial score (nSPS) is 19.3. The number of nitrogens with zero attached hydrogens (tertiary/aromatic N) is 1. The fourth-order valence-corrected chi connectivity index (χ4v) is 5.01. The van der Waals surface area contributed by atoms with E-state index in [4.69, 9.17) is 16.7 Å². The van der Waals surface area contributed by atoms with E-state index in [2.05, 4.69) is 0 Å². The van der Waals surface area contributed by atoms with Crippen molar-refractivity contribution in [2.45, 2.75) is 4.90 Å². The predicted molar refractivity (Wildman–Crippen MR) is 75.8 cm³/mol. The summed E-state index contributed by atoms with van der Waals surface area (Å²) >= 11 is 5.70. The van der Waals surface area contributed by atoms with Crippen LogP contribution in [-0.4, -0.2) is 56.8 Å². The van der Waals surface area contributed by atoms with Crippen molar-refractivity contribution >= 4 is 37.4 Å². The van der Waals surface area contributed by atoms with Crippen molar-refractivity contribution in [1.29, 1.82) is 0 Å². The molecule has 116 valence electrons. The highest BCUT2D eigenvalue weighted by atomic mass is 35.5. The number of carbonyl (C=O) groups is 1. The summed E-state index contributed by atoms with van der Waals surface area (Å²) < 4.78 is 48.5. The molecular weight excluding hydrogens is 342 g/mol. The largest absolute Gasteiger partial charge is 0.478 e. The highest BCUT2D eigenvalue weighted by Gasteiger charge is 2.31. The van der Waals surface area contributed by atoms with Crippen LogP contribution in [0, 0.1) is 0 Å². The third-order valence-corrected chi connectivity index (χ3v) is 6.94. The SMILES string of the molecule is O=C(O)c1cc(S(=O)(=O)N2CCS(=O)(=O)CC2)ccc1Cl. The maximum atomic E-state index is 12.4. The van der Waals surface area contributed by atoms with Crippen LogP contribution >= 0.6 is 11.6 Å². The molecule has 0 bridgehead atoms. The zero-order valence-corrected chi connectivity index (χ0v) is 13.1. The van der Waals surface area contributed by atoms with Gasteiger partial charge >= 0.3 is 5.97 Å². The minimum absolute atomic E-state index is 0.0670. The van der Waals surface area contributed by atoms with Gasteiger partial charge in [-0.05, 0) is 18.2 Å². The molecule has 1 aromatic carbocycles. The van der Waals surface area contributed by atoms with Crippen molar-refractivity contribution in [3.05, 3.63) is 28.8 Å². The van der Waals surface area contributed by atoms with Crippen LogP contribution in [-0.2, 0) is 19.9 Å². The maximum absolute atomic E-state index is 12.4. The summed E-state index contributed by atoms with van der Waals surface area (Å²) in [4.78, 5) is 10.8. The van der Waals surface area contributed by atoms with E-state index in [-0.39, 0.29) is 40.1 Å². The third-order valence-electron chi connectivity index (χ3n) is 3.11. The smallest absolute Gasteiger partial charge is 0.337 e. The summed E-state index contributed by atoms with van der Waals surface area (Å²) in [7, 11) is -7.15. The van der Waals surface area contributed by atoms with Gasteiger partial charge in [-0.2, -0.15) is 4.31 Å². The average Bonchev–Trinajstić information content (AvgIpc) is 2.38. The first-order valence-electron chi connectivity index (χ1n) is 5.87. The number of rotatable bonds is 3. The van der Waals surface area contributed by atoms with Crippen molar-refractivity contribution < 1.29 is 26.7 Å². The average molecular weight is 354 g/mol. The minimum atomic E-state index is -3.94. The molecule has 0 spiro atoms. The fourth-order valence-electron chi connectivity index (χ4n) is 1.91. The number of carboxylic acid groups (broad SMARTS) is 1. The molecule has 0 saturated carbocycles. The van der Waals surface area contributed by atoms with E-state index in [1.807, 2.05) is 0 Å². The number of hydrogen-bond acceptors (Lipinski definition) is 5. The number of sulfonamides is 1. The third kappa shape index (κ3) is 3.37. The molecule has 0 aromatic heterocycles. The Morgan fingerprint density at radius 3 is 2.33 bits per heavy atom. The van der Waals surface area contributed by atoms with Gasteiger partial charge in [0.25, 0.3) is 0 Å². The summed E-state index contributed by atoms with van der Waals surface area (Å²) in [5.41, 5.74) is -0.317. The van der Waals surface area contributed by atoms with Crippen LogP contribution in [0.2, 0.25) is 5.02 Å². The summed E-state index contributed by atoms with van der Waals surface area (Å²) in [6.45, 7) is -0.286. The molecule has 7 nitrogen and oxygen atoms in total. The molecule has 0 radical (unpaired) electrons. The number of carboxylic acids is 1. The zero-order chi connectivity index (χ0) is 15.8. The Balaban J connectivity index is 2.37. The van der Waals surface area contributed by atoms with E-state index in [9.17, 15) is 21.6 Å². The Kier molecular flexibility index (Phi) is 4.29. The molecule has 21 heavy (non-hydrogen) atoms. The predicted octanol–water partition coefficient (Wildman–Crippen LogP) is 0.457. The van der Waals surface area contributed by atoms with Gasteiger partial charge in [-0.15, -0.1) is 0 Å². The number of hydrogen-bond donors (Lipinski definition) is 1. The lowest BCUT2D eigenvalue weighted by molar-refractivity contribution is 0.0697. The zero-order valence-electron chi connectivity index (χ0n) is 10.7. The van der Waals surface area contributed by atoms with Crippen molar-refractivity contribution in [2.24, 2.45) is 0 Å². The van der Waals surface area contributed by atoms with E-state index in [1.54, 1.807) is 0 Å². The molecule has 1 fully saturated rings. The van der Waals surface area contributed by atoms with Crippen LogP contribution in [0.25, 0.3) is 0 Å². The lowest BCUT2D eigenvalue weighted by Crippen LogP contribution is -2.43. The molecular formula is C11H12ClNO6S2. The number of aromatic carboxylic acids is 1. The summed E-state index contributed by atoms with van der Waals surface area (Å²) in [6.07, 6.45) is 0. The maximum Gasteiger partial charge on any atom is 0.337 e. The van der Waals surface area contributed by atoms with Crippen molar-refractivity contribution in [3.8, 4) is 0 Å². The van der Waals surface area contributed by atoms with Gasteiger partial charge < -0.3 is 5.11 Å². The first kappa shape index (κ1) is 16.2. The lowest BCUT2D eigenvalue weighted by atomic mass is 10.2. The molecule has 2 rings (SSSR count). The van der Waals surface area contributed by atoms with Gasteiger partial charge in [0.1, 0.15) is 0 Å². The quantitative estimate of drug-likeness (QED) is 0.845. The Hall–Kier alpha value is -1.16. The van der Waals surface area contributed by atoms with Gasteiger partial charge in [-0.25, -0.2) is 21.6 Å². The van der Waals surface area contributed by atoms with Crippen LogP contribution in [0.3, 0.4) is 0 Å². The summed E-state index contributed by atoms with van der Waals surface area (Å²) in [6, 6.07) is 3.37. The second-order valence-electron chi connectivity index (χ2n) is 4.50. The topological polar surface area (TPSA) is 109 Å². The fraction of sp³-hybridized carbons (Fsp3) is 0.364. The van der Waals surface area contributed by atoms with Crippen molar-refractivity contribution in [2.75, 3.05) is 24.6 Å². The molecule has 0 unspecified atom stereocenters. The van der Waals surface area contributed by atoms with Gasteiger partial charge in [0, 0.05) is 13.1 Å². The van der Waals surface area contributed by atoms with Gasteiger partial charge in [-0.1, -0.05) is 11.6 Å². The Bertz CT molecular complexity index is 773. The first-order valence-corrected chi connectivity index (χ1v) is 9.51. The van der Waals surface area contributed by atoms with E-state index in [1.165, 1.54) is 12.1 Å². The molecule has 1 heterocycles. The van der Waals surface area contributed by atoms with Crippen molar-refractivity contribution in [1.82, 2.24) is 4.31 Å². The molecule has 0 aliphatic carbocycles. The Morgan fingerprint density at radius 2 is 1.81 bits per heavy atom. The second kappa shape index (κ2) is 5.56. The highest BCUT2D eigenvalue weighted by Crippen LogP contribution is 2.24. The molecule has 1 aromatic rings. The van der Waals surface area contributed by atoms with E-state index < -0.39 is 25.8 Å². The van der Waals surface area contributed by atoms with Gasteiger partial charge in [0.2, 0.25) is 10.0 Å². The van der Waals surface area contributed by atoms with Gasteiger partial charge in [0.05, 0.1) is 27.0 Å². The molecule has 1 aliphatic rings. The number of halogens is 1. The molecule has 0 atom stereocenters. The summed E-state index contributed by atoms with van der Waals surface area (Å²) in [5.74, 6) is -1.82. The van der Waals surface area contributed by atoms with Gasteiger partial charge in [-0.3, -0.25) is 0 Å². The van der Waals surface area contributed by atoms with Crippen LogP contribution in [0.4, 0.5) is 0 Å². The minimum Gasteiger partial charge on any atom is -0.478 e. The number of benzene rings is 1. The van der Waals surface area contributed by atoms with E-state index in [0.717, 1.165) is 10.4 Å². The van der Waals surface area contributed by atoms with Crippen LogP contribution in [0.5, 0.6) is 0 Å². The Morgan fingerprint density at radius 1 is 1.24 bits per heavy atom. The van der Waals surface area contributed by atoms with Gasteiger partial charge in [0.15, 0.2) is 9.84 Å². The molecule has 1 saturated heterocycles. The van der Waals surface area contributed by atoms with E-state index >= 15 is 0 Å². The van der Waals surface area contributed by atoms with Crippen LogP contribution in [0.1, 0.15) is 10.4 Å². The highest BCUT2D eigenvalue weighted by molar-refractivity contribution is 7.92. The monoisotopic (exact) mass is 353 g/mol. The van der Waals surface area contributed by atoms with Crippen LogP contribution in [0.15, 0.2) is 23.1 Å². The Labute approximate surface area is 127 Å². The first-order chi connectivity index (χ1) is 9.63. The van der Waals surface area contributed by atoms with E-state index in [0.29, 0.717) is 0 Å². The van der Waals surface area contributed by atoms with Crippen LogP contribution < -0.4 is 0 Å².